The number of rotatable bonds is 3. The number of para-hydroxylation sites is 1. The Balaban J connectivity index is 1.94. The number of anilines is 1. The fourth-order valence-electron chi connectivity index (χ4n) is 2.60. The summed E-state index contributed by atoms with van der Waals surface area (Å²) in [6, 6.07) is 11.5. The van der Waals surface area contributed by atoms with Crippen LogP contribution in [0.1, 0.15) is 23.4 Å². The summed E-state index contributed by atoms with van der Waals surface area (Å²) in [5, 5.41) is 9.10. The van der Waals surface area contributed by atoms with Gasteiger partial charge in [-0.25, -0.2) is 4.99 Å². The van der Waals surface area contributed by atoms with Gasteiger partial charge in [-0.1, -0.05) is 36.0 Å². The zero-order chi connectivity index (χ0) is 17.1. The van der Waals surface area contributed by atoms with E-state index in [9.17, 15) is 4.79 Å². The Morgan fingerprint density at radius 1 is 1.25 bits per heavy atom. The largest absolute Gasteiger partial charge is 0.338 e. The molecule has 124 valence electrons. The molecular formula is C18H19N3OS2. The van der Waals surface area contributed by atoms with Crippen LogP contribution in [0, 0.1) is 6.92 Å². The Kier molecular flexibility index (Phi) is 5.06. The molecule has 4 nitrogen and oxygen atoms in total. The third-order valence-electron chi connectivity index (χ3n) is 3.86. The fourth-order valence-corrected chi connectivity index (χ4v) is 3.84. The number of aryl methyl sites for hydroxylation is 1. The normalized spacial score (nSPS) is 17.3. The highest BCUT2D eigenvalue weighted by molar-refractivity contribution is 8.13. The van der Waals surface area contributed by atoms with Gasteiger partial charge in [0.15, 0.2) is 5.17 Å². The number of benzene rings is 1. The predicted octanol–water partition coefficient (Wildman–Crippen LogP) is 4.33. The first-order valence-electron chi connectivity index (χ1n) is 7.60. The number of thioether (sulfide) groups is 1. The van der Waals surface area contributed by atoms with Crippen LogP contribution < -0.4 is 10.6 Å². The molecular weight excluding hydrogens is 338 g/mol. The van der Waals surface area contributed by atoms with Crippen LogP contribution in [0.5, 0.6) is 0 Å². The molecule has 2 N–H and O–H groups in total. The average Bonchev–Trinajstić information content (AvgIpc) is 3.10. The maximum atomic E-state index is 13.0. The lowest BCUT2D eigenvalue weighted by atomic mass is 10.0. The van der Waals surface area contributed by atoms with Crippen molar-refractivity contribution in [2.24, 2.45) is 4.99 Å². The number of nitrogens with zero attached hydrogens (tertiary/aromatic N) is 1. The molecule has 1 amide bonds. The van der Waals surface area contributed by atoms with E-state index in [4.69, 9.17) is 4.99 Å². The van der Waals surface area contributed by atoms with E-state index in [0.717, 1.165) is 27.0 Å². The highest BCUT2D eigenvalue weighted by Gasteiger charge is 2.29. The SMILES string of the molecule is CSC1=NC(c2cccs2)C(C(=O)Nc2ccccc2C)=C(C)N1. The van der Waals surface area contributed by atoms with Gasteiger partial charge in [0.2, 0.25) is 0 Å². The minimum absolute atomic E-state index is 0.114. The van der Waals surface area contributed by atoms with Crippen molar-refractivity contribution in [3.8, 4) is 0 Å². The number of amides is 1. The molecule has 2 aromatic rings. The third kappa shape index (κ3) is 3.39. The number of thiophene rings is 1. The summed E-state index contributed by atoms with van der Waals surface area (Å²) in [6.07, 6.45) is 1.98. The fraction of sp³-hybridized carbons (Fsp3) is 0.222. The topological polar surface area (TPSA) is 53.5 Å². The van der Waals surface area contributed by atoms with Crippen molar-refractivity contribution in [1.82, 2.24) is 5.32 Å². The Morgan fingerprint density at radius 2 is 2.04 bits per heavy atom. The third-order valence-corrected chi connectivity index (χ3v) is 5.38. The van der Waals surface area contributed by atoms with Crippen LogP contribution in [0.2, 0.25) is 0 Å². The van der Waals surface area contributed by atoms with E-state index >= 15 is 0 Å². The summed E-state index contributed by atoms with van der Waals surface area (Å²) in [4.78, 5) is 18.7. The Morgan fingerprint density at radius 3 is 2.71 bits per heavy atom. The van der Waals surface area contributed by atoms with Crippen molar-refractivity contribution < 1.29 is 4.79 Å². The summed E-state index contributed by atoms with van der Waals surface area (Å²) in [5.41, 5.74) is 3.37. The second kappa shape index (κ2) is 7.23. The molecule has 6 heteroatoms. The quantitative estimate of drug-likeness (QED) is 0.859. The van der Waals surface area contributed by atoms with Gasteiger partial charge >= 0.3 is 0 Å². The molecule has 24 heavy (non-hydrogen) atoms. The van der Waals surface area contributed by atoms with E-state index < -0.39 is 0 Å². The molecule has 0 fully saturated rings. The van der Waals surface area contributed by atoms with Crippen molar-refractivity contribution in [2.75, 3.05) is 11.6 Å². The number of hydrogen-bond donors (Lipinski definition) is 2. The van der Waals surface area contributed by atoms with E-state index in [1.165, 1.54) is 0 Å². The van der Waals surface area contributed by atoms with Crippen LogP contribution in [0.3, 0.4) is 0 Å². The number of aliphatic imine (C=N–C) groups is 1. The Hall–Kier alpha value is -2.05. The molecule has 0 spiro atoms. The van der Waals surface area contributed by atoms with Gasteiger partial charge in [0.05, 0.1) is 5.57 Å². The first-order chi connectivity index (χ1) is 11.6. The standard InChI is InChI=1S/C18H19N3OS2/c1-11-7-4-5-8-13(11)20-17(22)15-12(2)19-18(23-3)21-16(15)14-9-6-10-24-14/h4-10,16H,1-3H3,(H,19,21)(H,20,22). The second-order valence-electron chi connectivity index (χ2n) is 5.49. The molecule has 0 radical (unpaired) electrons. The van der Waals surface area contributed by atoms with Crippen LogP contribution in [0.15, 0.2) is 58.0 Å². The molecule has 0 bridgehead atoms. The van der Waals surface area contributed by atoms with E-state index in [2.05, 4.69) is 10.6 Å². The molecule has 0 aliphatic carbocycles. The molecule has 1 unspecified atom stereocenters. The molecule has 1 aliphatic rings. The van der Waals surface area contributed by atoms with E-state index in [-0.39, 0.29) is 11.9 Å². The number of nitrogens with one attached hydrogen (secondary N) is 2. The lowest BCUT2D eigenvalue weighted by Crippen LogP contribution is -2.31. The van der Waals surface area contributed by atoms with Gasteiger partial charge in [0, 0.05) is 16.3 Å². The van der Waals surface area contributed by atoms with Crippen LogP contribution in [0.25, 0.3) is 0 Å². The average molecular weight is 358 g/mol. The van der Waals surface area contributed by atoms with E-state index in [0.29, 0.717) is 5.57 Å². The minimum Gasteiger partial charge on any atom is -0.338 e. The zero-order valence-electron chi connectivity index (χ0n) is 13.8. The van der Waals surface area contributed by atoms with Gasteiger partial charge in [-0.3, -0.25) is 4.79 Å². The molecule has 0 saturated carbocycles. The number of allylic oxidation sites excluding steroid dienone is 1. The zero-order valence-corrected chi connectivity index (χ0v) is 15.4. The molecule has 2 heterocycles. The number of hydrogen-bond acceptors (Lipinski definition) is 5. The first-order valence-corrected chi connectivity index (χ1v) is 9.70. The first kappa shape index (κ1) is 16.8. The van der Waals surface area contributed by atoms with Crippen LogP contribution >= 0.6 is 23.1 Å². The van der Waals surface area contributed by atoms with Crippen LogP contribution in [-0.2, 0) is 4.79 Å². The van der Waals surface area contributed by atoms with Gasteiger partial charge in [0.25, 0.3) is 5.91 Å². The van der Waals surface area contributed by atoms with Gasteiger partial charge in [-0.15, -0.1) is 11.3 Å². The van der Waals surface area contributed by atoms with Gasteiger partial charge in [-0.2, -0.15) is 0 Å². The maximum absolute atomic E-state index is 13.0. The molecule has 1 aromatic carbocycles. The van der Waals surface area contributed by atoms with Crippen LogP contribution in [-0.4, -0.2) is 17.3 Å². The highest BCUT2D eigenvalue weighted by atomic mass is 32.2. The smallest absolute Gasteiger partial charge is 0.255 e. The molecule has 0 saturated heterocycles. The lowest BCUT2D eigenvalue weighted by molar-refractivity contribution is -0.113. The highest BCUT2D eigenvalue weighted by Crippen LogP contribution is 2.35. The number of carbonyl (C=O) groups excluding carboxylic acids is 1. The van der Waals surface area contributed by atoms with E-state index in [1.807, 2.05) is 61.9 Å². The summed E-state index contributed by atoms with van der Waals surface area (Å²) < 4.78 is 0. The number of carbonyl (C=O) groups is 1. The number of amidine groups is 1. The molecule has 1 aromatic heterocycles. The molecule has 1 atom stereocenters. The Labute approximate surface area is 150 Å². The minimum atomic E-state index is -0.266. The predicted molar refractivity (Wildman–Crippen MR) is 104 cm³/mol. The lowest BCUT2D eigenvalue weighted by Gasteiger charge is -2.25. The van der Waals surface area contributed by atoms with Gasteiger partial charge < -0.3 is 10.6 Å². The van der Waals surface area contributed by atoms with Gasteiger partial charge in [0.1, 0.15) is 6.04 Å². The van der Waals surface area contributed by atoms with Crippen LogP contribution in [0.4, 0.5) is 5.69 Å². The molecule has 3 rings (SSSR count). The summed E-state index contributed by atoms with van der Waals surface area (Å²) >= 11 is 3.16. The summed E-state index contributed by atoms with van der Waals surface area (Å²) in [5.74, 6) is -0.114. The van der Waals surface area contributed by atoms with Crippen molar-refractivity contribution in [3.05, 3.63) is 63.5 Å². The summed E-state index contributed by atoms with van der Waals surface area (Å²) in [6.45, 7) is 3.91. The van der Waals surface area contributed by atoms with Crippen molar-refractivity contribution in [1.29, 1.82) is 0 Å². The van der Waals surface area contributed by atoms with E-state index in [1.54, 1.807) is 23.1 Å². The summed E-state index contributed by atoms with van der Waals surface area (Å²) in [7, 11) is 0. The van der Waals surface area contributed by atoms with Crippen molar-refractivity contribution >= 4 is 39.9 Å². The van der Waals surface area contributed by atoms with Crippen molar-refractivity contribution in [3.63, 3.8) is 0 Å². The van der Waals surface area contributed by atoms with Gasteiger partial charge in [-0.05, 0) is 43.2 Å². The Bertz CT molecular complexity index is 809. The molecule has 1 aliphatic heterocycles. The van der Waals surface area contributed by atoms with Crippen molar-refractivity contribution in [2.45, 2.75) is 19.9 Å². The monoisotopic (exact) mass is 357 g/mol. The second-order valence-corrected chi connectivity index (χ2v) is 7.26. The maximum Gasteiger partial charge on any atom is 0.255 e.